The average molecular weight is 222 g/mol. The Morgan fingerprint density at radius 1 is 1.62 bits per heavy atom. The van der Waals surface area contributed by atoms with E-state index in [0.29, 0.717) is 5.56 Å². The highest BCUT2D eigenvalue weighted by atomic mass is 19.1. The first-order valence-corrected chi connectivity index (χ1v) is 5.23. The van der Waals surface area contributed by atoms with Gasteiger partial charge >= 0.3 is 0 Å². The summed E-state index contributed by atoms with van der Waals surface area (Å²) in [6, 6.07) is 1.41. The third kappa shape index (κ3) is 2.22. The van der Waals surface area contributed by atoms with Crippen LogP contribution < -0.4 is 4.74 Å². The Kier molecular flexibility index (Phi) is 2.92. The van der Waals surface area contributed by atoms with Gasteiger partial charge in [0.15, 0.2) is 5.82 Å². The van der Waals surface area contributed by atoms with E-state index >= 15 is 0 Å². The van der Waals surface area contributed by atoms with Gasteiger partial charge < -0.3 is 4.74 Å². The number of halogens is 1. The monoisotopic (exact) mass is 222 g/mol. The Labute approximate surface area is 94.5 Å². The summed E-state index contributed by atoms with van der Waals surface area (Å²) in [5.74, 6) is -0.335. The van der Waals surface area contributed by atoms with Crippen LogP contribution in [-0.4, -0.2) is 36.1 Å². The number of likely N-dealkylation sites (tertiary alicyclic amines) is 1. The van der Waals surface area contributed by atoms with Crippen LogP contribution >= 0.6 is 0 Å². The molecule has 0 aliphatic carbocycles. The molecule has 1 aromatic rings. The highest BCUT2D eigenvalue weighted by Gasteiger charge is 2.26. The average Bonchev–Trinajstić information content (AvgIpc) is 2.18. The summed E-state index contributed by atoms with van der Waals surface area (Å²) in [6.07, 6.45) is 1.64. The van der Waals surface area contributed by atoms with Gasteiger partial charge in [-0.3, -0.25) is 4.90 Å². The number of ether oxygens (including phenoxy) is 1. The summed E-state index contributed by atoms with van der Waals surface area (Å²) < 4.78 is 19.0. The molecule has 2 heterocycles. The van der Waals surface area contributed by atoms with Crippen molar-refractivity contribution in [2.24, 2.45) is 0 Å². The fraction of sp³-hybridized carbons (Fsp3) is 0.417. The van der Waals surface area contributed by atoms with Crippen molar-refractivity contribution in [3.8, 4) is 5.88 Å². The number of hydrogen-bond acceptors (Lipinski definition) is 3. The number of aromatic nitrogens is 1. The summed E-state index contributed by atoms with van der Waals surface area (Å²) in [7, 11) is 1.99. The fourth-order valence-corrected chi connectivity index (χ4v) is 1.62. The molecular weight excluding hydrogens is 207 g/mol. The topological polar surface area (TPSA) is 25.4 Å². The minimum Gasteiger partial charge on any atom is -0.470 e. The molecule has 86 valence electrons. The SMILES string of the molecule is C=C(C)c1cnc(OC2CN(C)C2)c(F)c1. The summed E-state index contributed by atoms with van der Waals surface area (Å²) in [4.78, 5) is 6.07. The lowest BCUT2D eigenvalue weighted by Gasteiger charge is -2.35. The van der Waals surface area contributed by atoms with Crippen LogP contribution in [0.2, 0.25) is 0 Å². The number of hydrogen-bond donors (Lipinski definition) is 0. The van der Waals surface area contributed by atoms with Crippen molar-refractivity contribution in [2.75, 3.05) is 20.1 Å². The maximum Gasteiger partial charge on any atom is 0.250 e. The van der Waals surface area contributed by atoms with E-state index in [0.717, 1.165) is 18.7 Å². The third-order valence-electron chi connectivity index (χ3n) is 2.61. The van der Waals surface area contributed by atoms with Crippen LogP contribution in [0, 0.1) is 5.82 Å². The zero-order valence-electron chi connectivity index (χ0n) is 9.53. The standard InChI is InChI=1S/C12H15FN2O/c1-8(2)9-4-11(13)12(14-5-9)16-10-6-15(3)7-10/h4-5,10H,1,6-7H2,2-3H3. The van der Waals surface area contributed by atoms with E-state index in [-0.39, 0.29) is 12.0 Å². The first-order chi connectivity index (χ1) is 7.56. The summed E-state index contributed by atoms with van der Waals surface area (Å²) in [5, 5.41) is 0. The largest absolute Gasteiger partial charge is 0.470 e. The third-order valence-corrected chi connectivity index (χ3v) is 2.61. The number of rotatable bonds is 3. The minimum absolute atomic E-state index is 0.0580. The first kappa shape index (κ1) is 11.1. The normalized spacial score (nSPS) is 16.9. The Morgan fingerprint density at radius 2 is 2.31 bits per heavy atom. The van der Waals surface area contributed by atoms with Crippen LogP contribution in [-0.2, 0) is 0 Å². The van der Waals surface area contributed by atoms with Crippen LogP contribution in [0.15, 0.2) is 18.8 Å². The van der Waals surface area contributed by atoms with Crippen molar-refractivity contribution < 1.29 is 9.13 Å². The van der Waals surface area contributed by atoms with Gasteiger partial charge in [-0.2, -0.15) is 0 Å². The zero-order valence-corrected chi connectivity index (χ0v) is 9.53. The van der Waals surface area contributed by atoms with Gasteiger partial charge in [0, 0.05) is 19.3 Å². The molecule has 3 nitrogen and oxygen atoms in total. The maximum absolute atomic E-state index is 13.6. The molecule has 0 amide bonds. The molecule has 4 heteroatoms. The van der Waals surface area contributed by atoms with Gasteiger partial charge in [-0.25, -0.2) is 9.37 Å². The molecule has 1 saturated heterocycles. The van der Waals surface area contributed by atoms with E-state index in [9.17, 15) is 4.39 Å². The fourth-order valence-electron chi connectivity index (χ4n) is 1.62. The second-order valence-corrected chi connectivity index (χ2v) is 4.25. The Morgan fingerprint density at radius 3 is 2.81 bits per heavy atom. The van der Waals surface area contributed by atoms with Crippen molar-refractivity contribution in [3.05, 3.63) is 30.2 Å². The van der Waals surface area contributed by atoms with Crippen LogP contribution in [0.25, 0.3) is 5.57 Å². The molecule has 2 rings (SSSR count). The summed E-state index contributed by atoms with van der Waals surface area (Å²) in [5.41, 5.74) is 1.50. The molecule has 0 bridgehead atoms. The minimum atomic E-state index is -0.421. The molecule has 0 atom stereocenters. The van der Waals surface area contributed by atoms with E-state index in [1.165, 1.54) is 6.07 Å². The van der Waals surface area contributed by atoms with Crippen LogP contribution in [0.1, 0.15) is 12.5 Å². The van der Waals surface area contributed by atoms with Gasteiger partial charge in [0.25, 0.3) is 5.88 Å². The van der Waals surface area contributed by atoms with Gasteiger partial charge in [0.05, 0.1) is 0 Å². The van der Waals surface area contributed by atoms with E-state index < -0.39 is 5.82 Å². The van der Waals surface area contributed by atoms with Gasteiger partial charge in [0.1, 0.15) is 6.10 Å². The predicted molar refractivity (Wildman–Crippen MR) is 60.8 cm³/mol. The van der Waals surface area contributed by atoms with Crippen molar-refractivity contribution >= 4 is 5.57 Å². The smallest absolute Gasteiger partial charge is 0.250 e. The second-order valence-electron chi connectivity index (χ2n) is 4.25. The number of nitrogens with zero attached hydrogens (tertiary/aromatic N) is 2. The molecule has 0 spiro atoms. The van der Waals surface area contributed by atoms with Gasteiger partial charge in [0.2, 0.25) is 0 Å². The van der Waals surface area contributed by atoms with Crippen molar-refractivity contribution in [3.63, 3.8) is 0 Å². The molecule has 0 aromatic carbocycles. The highest BCUT2D eigenvalue weighted by molar-refractivity contribution is 5.60. The number of likely N-dealkylation sites (N-methyl/N-ethyl adjacent to an activating group) is 1. The molecule has 0 unspecified atom stereocenters. The zero-order chi connectivity index (χ0) is 11.7. The molecular formula is C12H15FN2O. The van der Waals surface area contributed by atoms with Crippen molar-refractivity contribution in [1.82, 2.24) is 9.88 Å². The quantitative estimate of drug-likeness (QED) is 0.781. The Balaban J connectivity index is 2.07. The Bertz CT molecular complexity index is 413. The van der Waals surface area contributed by atoms with Crippen LogP contribution in [0.4, 0.5) is 4.39 Å². The summed E-state index contributed by atoms with van der Waals surface area (Å²) >= 11 is 0. The molecule has 0 N–H and O–H groups in total. The molecule has 1 aliphatic heterocycles. The van der Waals surface area contributed by atoms with Crippen molar-refractivity contribution in [2.45, 2.75) is 13.0 Å². The lowest BCUT2D eigenvalue weighted by Crippen LogP contribution is -2.51. The number of pyridine rings is 1. The molecule has 0 radical (unpaired) electrons. The predicted octanol–water partition coefficient (Wildman–Crippen LogP) is 1.95. The van der Waals surface area contributed by atoms with Crippen LogP contribution in [0.5, 0.6) is 5.88 Å². The van der Waals surface area contributed by atoms with E-state index in [4.69, 9.17) is 4.74 Å². The first-order valence-electron chi connectivity index (χ1n) is 5.23. The molecule has 0 saturated carbocycles. The molecule has 16 heavy (non-hydrogen) atoms. The van der Waals surface area contributed by atoms with Gasteiger partial charge in [-0.05, 0) is 31.2 Å². The molecule has 1 fully saturated rings. The lowest BCUT2D eigenvalue weighted by molar-refractivity contribution is 0.0325. The lowest BCUT2D eigenvalue weighted by atomic mass is 10.1. The van der Waals surface area contributed by atoms with E-state index in [1.54, 1.807) is 6.20 Å². The number of allylic oxidation sites excluding steroid dienone is 1. The summed E-state index contributed by atoms with van der Waals surface area (Å²) in [6.45, 7) is 7.20. The second kappa shape index (κ2) is 4.22. The van der Waals surface area contributed by atoms with Crippen LogP contribution in [0.3, 0.4) is 0 Å². The highest BCUT2D eigenvalue weighted by Crippen LogP contribution is 2.21. The van der Waals surface area contributed by atoms with Gasteiger partial charge in [-0.15, -0.1) is 0 Å². The van der Waals surface area contributed by atoms with E-state index in [2.05, 4.69) is 16.5 Å². The van der Waals surface area contributed by atoms with E-state index in [1.807, 2.05) is 14.0 Å². The molecule has 1 aliphatic rings. The molecule has 1 aromatic heterocycles. The Hall–Kier alpha value is -1.42. The maximum atomic E-state index is 13.6. The van der Waals surface area contributed by atoms with Gasteiger partial charge in [-0.1, -0.05) is 6.58 Å². The van der Waals surface area contributed by atoms with Crippen molar-refractivity contribution in [1.29, 1.82) is 0 Å².